The molecule has 2 aliphatic rings. The third-order valence-corrected chi connectivity index (χ3v) is 5.60. The molecule has 1 aliphatic carbocycles. The van der Waals surface area contributed by atoms with E-state index in [9.17, 15) is 8.78 Å². The Hall–Kier alpha value is -2.08. The highest BCUT2D eigenvalue weighted by Gasteiger charge is 2.43. The van der Waals surface area contributed by atoms with Crippen molar-refractivity contribution in [3.8, 4) is 5.75 Å². The van der Waals surface area contributed by atoms with Crippen LogP contribution in [0.1, 0.15) is 41.9 Å². The van der Waals surface area contributed by atoms with Crippen LogP contribution in [0.2, 0.25) is 0 Å². The van der Waals surface area contributed by atoms with Gasteiger partial charge in [0.15, 0.2) is 0 Å². The Balaban J connectivity index is 1.55. The van der Waals surface area contributed by atoms with E-state index in [1.807, 2.05) is 25.3 Å². The second-order valence-corrected chi connectivity index (χ2v) is 7.37. The Morgan fingerprint density at radius 1 is 1.27 bits per heavy atom. The number of nitrogens with zero attached hydrogens (tertiary/aromatic N) is 3. The van der Waals surface area contributed by atoms with Crippen LogP contribution in [-0.2, 0) is 18.4 Å². The molecule has 1 aromatic carbocycles. The highest BCUT2D eigenvalue weighted by molar-refractivity contribution is 5.35. The molecule has 138 valence electrons. The van der Waals surface area contributed by atoms with Crippen molar-refractivity contribution < 1.29 is 13.5 Å². The highest BCUT2D eigenvalue weighted by Crippen LogP contribution is 2.44. The number of rotatable bonds is 4. The molecular formula is C20H23F2N3O. The largest absolute Gasteiger partial charge is 0.434 e. The molecule has 1 fully saturated rings. The van der Waals surface area contributed by atoms with Gasteiger partial charge in [0.25, 0.3) is 0 Å². The summed E-state index contributed by atoms with van der Waals surface area (Å²) < 4.78 is 30.0. The van der Waals surface area contributed by atoms with Gasteiger partial charge in [-0.15, -0.1) is 0 Å². The number of halogens is 2. The average Bonchev–Trinajstić information content (AvgIpc) is 2.94. The Morgan fingerprint density at radius 2 is 2.12 bits per heavy atom. The smallest absolute Gasteiger partial charge is 0.387 e. The van der Waals surface area contributed by atoms with Gasteiger partial charge in [-0.1, -0.05) is 18.2 Å². The monoisotopic (exact) mass is 359 g/mol. The van der Waals surface area contributed by atoms with E-state index in [4.69, 9.17) is 9.72 Å². The van der Waals surface area contributed by atoms with Crippen molar-refractivity contribution in [1.29, 1.82) is 0 Å². The zero-order valence-corrected chi connectivity index (χ0v) is 14.9. The number of benzene rings is 1. The van der Waals surface area contributed by atoms with E-state index in [1.54, 1.807) is 12.1 Å². The zero-order valence-electron chi connectivity index (χ0n) is 14.9. The van der Waals surface area contributed by atoms with E-state index < -0.39 is 6.61 Å². The average molecular weight is 359 g/mol. The summed E-state index contributed by atoms with van der Waals surface area (Å²) in [6, 6.07) is 7.08. The van der Waals surface area contributed by atoms with Gasteiger partial charge in [-0.3, -0.25) is 4.90 Å². The van der Waals surface area contributed by atoms with Gasteiger partial charge < -0.3 is 4.74 Å². The minimum atomic E-state index is -2.80. The summed E-state index contributed by atoms with van der Waals surface area (Å²) in [5.74, 6) is 1.09. The highest BCUT2D eigenvalue weighted by atomic mass is 19.3. The number of alkyl halides is 2. The fourth-order valence-electron chi connectivity index (χ4n) is 4.48. The minimum absolute atomic E-state index is 0.0692. The van der Waals surface area contributed by atoms with Gasteiger partial charge in [0.2, 0.25) is 0 Å². The van der Waals surface area contributed by atoms with Crippen LogP contribution >= 0.6 is 0 Å². The normalized spacial score (nSPS) is 22.8. The molecule has 1 aromatic heterocycles. The summed E-state index contributed by atoms with van der Waals surface area (Å²) in [6.07, 6.45) is 6.29. The Labute approximate surface area is 152 Å². The van der Waals surface area contributed by atoms with Gasteiger partial charge in [-0.05, 0) is 50.8 Å². The molecule has 0 N–H and O–H groups in total. The van der Waals surface area contributed by atoms with Crippen molar-refractivity contribution in [2.75, 3.05) is 13.1 Å². The van der Waals surface area contributed by atoms with Gasteiger partial charge in [0.05, 0.1) is 5.69 Å². The maximum absolute atomic E-state index is 12.7. The van der Waals surface area contributed by atoms with Gasteiger partial charge in [0.1, 0.15) is 11.6 Å². The number of likely N-dealkylation sites (tertiary alicyclic amines) is 1. The van der Waals surface area contributed by atoms with Crippen molar-refractivity contribution in [3.05, 3.63) is 53.1 Å². The van der Waals surface area contributed by atoms with Crippen LogP contribution in [0.3, 0.4) is 0 Å². The van der Waals surface area contributed by atoms with Crippen molar-refractivity contribution in [2.24, 2.45) is 0 Å². The molecule has 1 atom stereocenters. The lowest BCUT2D eigenvalue weighted by molar-refractivity contribution is -0.0509. The maximum Gasteiger partial charge on any atom is 0.387 e. The second-order valence-electron chi connectivity index (χ2n) is 7.37. The molecule has 2 aromatic rings. The molecule has 0 saturated carbocycles. The van der Waals surface area contributed by atoms with E-state index in [0.29, 0.717) is 6.54 Å². The van der Waals surface area contributed by atoms with Gasteiger partial charge in [-0.25, -0.2) is 9.97 Å². The first-order valence-electron chi connectivity index (χ1n) is 9.14. The lowest BCUT2D eigenvalue weighted by Gasteiger charge is -2.40. The molecular weight excluding hydrogens is 336 g/mol. The predicted octanol–water partition coefficient (Wildman–Crippen LogP) is 3.87. The second kappa shape index (κ2) is 6.91. The SMILES string of the molecule is Cc1ncc2c(n1)C1(CCCN(Cc3ccccc3OC(F)F)C1)CC2. The molecule has 4 nitrogen and oxygen atoms in total. The molecule has 1 unspecified atom stereocenters. The molecule has 0 amide bonds. The van der Waals surface area contributed by atoms with E-state index in [0.717, 1.165) is 50.2 Å². The zero-order chi connectivity index (χ0) is 18.1. The number of aryl methyl sites for hydroxylation is 2. The first-order chi connectivity index (χ1) is 12.6. The number of hydrogen-bond donors (Lipinski definition) is 0. The topological polar surface area (TPSA) is 38.2 Å². The van der Waals surface area contributed by atoms with Crippen molar-refractivity contribution in [1.82, 2.24) is 14.9 Å². The summed E-state index contributed by atoms with van der Waals surface area (Å²) in [5.41, 5.74) is 3.34. The Morgan fingerprint density at radius 3 is 2.96 bits per heavy atom. The van der Waals surface area contributed by atoms with E-state index in [-0.39, 0.29) is 11.2 Å². The van der Waals surface area contributed by atoms with Gasteiger partial charge in [0, 0.05) is 30.3 Å². The third kappa shape index (κ3) is 3.30. The fraction of sp³-hybridized carbons (Fsp3) is 0.500. The molecule has 0 radical (unpaired) electrons. The quantitative estimate of drug-likeness (QED) is 0.831. The number of para-hydroxylation sites is 1. The van der Waals surface area contributed by atoms with Crippen molar-refractivity contribution in [2.45, 2.75) is 51.2 Å². The summed E-state index contributed by atoms with van der Waals surface area (Å²) in [5, 5.41) is 0. The number of fused-ring (bicyclic) bond motifs is 2. The molecule has 0 bridgehead atoms. The summed E-state index contributed by atoms with van der Waals surface area (Å²) >= 11 is 0. The van der Waals surface area contributed by atoms with Crippen LogP contribution in [0.4, 0.5) is 8.78 Å². The van der Waals surface area contributed by atoms with Crippen LogP contribution in [-0.4, -0.2) is 34.6 Å². The Bertz CT molecular complexity index is 794. The van der Waals surface area contributed by atoms with Crippen molar-refractivity contribution >= 4 is 0 Å². The third-order valence-electron chi connectivity index (χ3n) is 5.60. The summed E-state index contributed by atoms with van der Waals surface area (Å²) in [6.45, 7) is 1.61. The van der Waals surface area contributed by atoms with Crippen LogP contribution in [0.25, 0.3) is 0 Å². The molecule has 6 heteroatoms. The first kappa shape index (κ1) is 17.3. The van der Waals surface area contributed by atoms with Crippen LogP contribution in [0, 0.1) is 6.92 Å². The summed E-state index contributed by atoms with van der Waals surface area (Å²) in [4.78, 5) is 11.5. The standard InChI is InChI=1S/C20H23F2N3O/c1-14-23-11-15-7-9-20(18(15)24-14)8-4-10-25(13-20)12-16-5-2-3-6-17(16)26-19(21)22/h2-3,5-6,11,19H,4,7-10,12-13H2,1H3. The fourth-order valence-corrected chi connectivity index (χ4v) is 4.48. The van der Waals surface area contributed by atoms with Crippen molar-refractivity contribution in [3.63, 3.8) is 0 Å². The number of ether oxygens (including phenoxy) is 1. The molecule has 2 heterocycles. The van der Waals surface area contributed by atoms with Crippen LogP contribution in [0.15, 0.2) is 30.5 Å². The van der Waals surface area contributed by atoms with Crippen LogP contribution < -0.4 is 4.74 Å². The van der Waals surface area contributed by atoms with E-state index >= 15 is 0 Å². The number of hydrogen-bond acceptors (Lipinski definition) is 4. The van der Waals surface area contributed by atoms with E-state index in [2.05, 4.69) is 9.88 Å². The molecule has 1 saturated heterocycles. The minimum Gasteiger partial charge on any atom is -0.434 e. The molecule has 1 spiro atoms. The molecule has 26 heavy (non-hydrogen) atoms. The van der Waals surface area contributed by atoms with Gasteiger partial charge >= 0.3 is 6.61 Å². The first-order valence-corrected chi connectivity index (χ1v) is 9.14. The van der Waals surface area contributed by atoms with E-state index in [1.165, 1.54) is 11.3 Å². The lowest BCUT2D eigenvalue weighted by atomic mass is 9.77. The molecule has 1 aliphatic heterocycles. The Kier molecular flexibility index (Phi) is 4.61. The number of aromatic nitrogens is 2. The maximum atomic E-state index is 12.7. The number of piperidine rings is 1. The lowest BCUT2D eigenvalue weighted by Crippen LogP contribution is -2.45. The molecule has 4 rings (SSSR count). The predicted molar refractivity (Wildman–Crippen MR) is 94.4 cm³/mol. The van der Waals surface area contributed by atoms with Crippen LogP contribution in [0.5, 0.6) is 5.75 Å². The summed E-state index contributed by atoms with van der Waals surface area (Å²) in [7, 11) is 0. The van der Waals surface area contributed by atoms with Gasteiger partial charge in [-0.2, -0.15) is 8.78 Å².